The predicted molar refractivity (Wildman–Crippen MR) is 34.0 cm³/mol. The lowest BCUT2D eigenvalue weighted by Gasteiger charge is -2.05. The highest BCUT2D eigenvalue weighted by atomic mass is 19.4. The lowest BCUT2D eigenvalue weighted by atomic mass is 10.2. The molecule has 13 heavy (non-hydrogen) atoms. The molecule has 0 amide bonds. The molecule has 0 spiro atoms. The average molecular weight is 198 g/mol. The fraction of sp³-hybridized carbons (Fsp3) is 0.333. The van der Waals surface area contributed by atoms with Crippen molar-refractivity contribution >= 4 is 11.9 Å². The van der Waals surface area contributed by atoms with Crippen LogP contribution in [-0.4, -0.2) is 28.3 Å². The average Bonchev–Trinajstić information content (AvgIpc) is 1.81. The van der Waals surface area contributed by atoms with E-state index in [1.165, 1.54) is 0 Å². The lowest BCUT2D eigenvalue weighted by Crippen LogP contribution is -2.14. The van der Waals surface area contributed by atoms with Crippen molar-refractivity contribution in [1.82, 2.24) is 0 Å². The van der Waals surface area contributed by atoms with Gasteiger partial charge in [0, 0.05) is 6.08 Å². The van der Waals surface area contributed by atoms with E-state index in [0.717, 1.165) is 0 Å². The number of carboxylic acid groups (broad SMARTS) is 2. The van der Waals surface area contributed by atoms with Gasteiger partial charge in [0.1, 0.15) is 0 Å². The van der Waals surface area contributed by atoms with E-state index in [1.807, 2.05) is 0 Å². The fourth-order valence-corrected chi connectivity index (χ4v) is 0.553. The summed E-state index contributed by atoms with van der Waals surface area (Å²) in [6.07, 6.45) is -6.45. The summed E-state index contributed by atoms with van der Waals surface area (Å²) < 4.78 is 34.9. The highest BCUT2D eigenvalue weighted by molar-refractivity contribution is 5.94. The largest absolute Gasteiger partial charge is 0.478 e. The van der Waals surface area contributed by atoms with E-state index in [2.05, 4.69) is 0 Å². The summed E-state index contributed by atoms with van der Waals surface area (Å²) in [4.78, 5) is 20.0. The maximum atomic E-state index is 11.6. The van der Waals surface area contributed by atoms with Crippen LogP contribution in [0.15, 0.2) is 11.6 Å². The second-order valence-corrected chi connectivity index (χ2v) is 2.10. The van der Waals surface area contributed by atoms with Gasteiger partial charge >= 0.3 is 18.1 Å². The minimum atomic E-state index is -4.72. The second-order valence-electron chi connectivity index (χ2n) is 2.10. The normalized spacial score (nSPS) is 12.7. The number of hydrogen-bond donors (Lipinski definition) is 2. The number of halogens is 3. The molecule has 0 aliphatic heterocycles. The van der Waals surface area contributed by atoms with E-state index >= 15 is 0 Å². The molecule has 0 unspecified atom stereocenters. The summed E-state index contributed by atoms with van der Waals surface area (Å²) in [7, 11) is 0. The molecule has 74 valence electrons. The van der Waals surface area contributed by atoms with Crippen LogP contribution in [0.2, 0.25) is 0 Å². The van der Waals surface area contributed by atoms with Crippen LogP contribution < -0.4 is 0 Å². The molecular weight excluding hydrogens is 193 g/mol. The third-order valence-electron chi connectivity index (χ3n) is 0.963. The van der Waals surface area contributed by atoms with Crippen LogP contribution in [0.1, 0.15) is 6.42 Å². The Kier molecular flexibility index (Phi) is 3.46. The molecular formula is C6H5F3O4. The van der Waals surface area contributed by atoms with Crippen molar-refractivity contribution in [2.45, 2.75) is 12.6 Å². The monoisotopic (exact) mass is 198 g/mol. The predicted octanol–water partition coefficient (Wildman–Crippen LogP) is 1.03. The topological polar surface area (TPSA) is 74.6 Å². The van der Waals surface area contributed by atoms with Crippen molar-refractivity contribution in [2.24, 2.45) is 0 Å². The number of carboxylic acids is 2. The van der Waals surface area contributed by atoms with Gasteiger partial charge in [-0.3, -0.25) is 0 Å². The van der Waals surface area contributed by atoms with Gasteiger partial charge in [-0.25, -0.2) is 9.59 Å². The van der Waals surface area contributed by atoms with Crippen molar-refractivity contribution < 1.29 is 33.0 Å². The molecule has 0 rings (SSSR count). The fourth-order valence-electron chi connectivity index (χ4n) is 0.553. The van der Waals surface area contributed by atoms with Gasteiger partial charge in [-0.1, -0.05) is 0 Å². The van der Waals surface area contributed by atoms with Crippen LogP contribution in [-0.2, 0) is 9.59 Å². The number of carbonyl (C=O) groups is 2. The van der Waals surface area contributed by atoms with Crippen LogP contribution in [0.4, 0.5) is 13.2 Å². The highest BCUT2D eigenvalue weighted by Crippen LogP contribution is 2.24. The molecule has 0 heterocycles. The Hall–Kier alpha value is -1.53. The van der Waals surface area contributed by atoms with Gasteiger partial charge in [0.15, 0.2) is 0 Å². The van der Waals surface area contributed by atoms with E-state index in [1.54, 1.807) is 0 Å². The highest BCUT2D eigenvalue weighted by Gasteiger charge is 2.31. The van der Waals surface area contributed by atoms with Gasteiger partial charge in [-0.2, -0.15) is 13.2 Å². The zero-order valence-electron chi connectivity index (χ0n) is 6.13. The molecule has 0 bridgehead atoms. The third-order valence-corrected chi connectivity index (χ3v) is 0.963. The van der Waals surface area contributed by atoms with Gasteiger partial charge in [-0.05, 0) is 0 Å². The summed E-state index contributed by atoms with van der Waals surface area (Å²) in [5.74, 6) is -3.61. The molecule has 0 aromatic carbocycles. The first-order valence-electron chi connectivity index (χ1n) is 2.96. The van der Waals surface area contributed by atoms with E-state index in [4.69, 9.17) is 10.2 Å². The molecule has 0 aromatic rings. The van der Waals surface area contributed by atoms with Crippen molar-refractivity contribution in [3.8, 4) is 0 Å². The van der Waals surface area contributed by atoms with Crippen LogP contribution in [0, 0.1) is 0 Å². The first-order valence-corrected chi connectivity index (χ1v) is 2.96. The summed E-state index contributed by atoms with van der Waals surface area (Å²) in [6, 6.07) is 0. The zero-order chi connectivity index (χ0) is 10.6. The Morgan fingerprint density at radius 1 is 1.23 bits per heavy atom. The number of hydrogen-bond acceptors (Lipinski definition) is 2. The van der Waals surface area contributed by atoms with Crippen LogP contribution in [0.3, 0.4) is 0 Å². The molecule has 0 aliphatic carbocycles. The first kappa shape index (κ1) is 11.5. The van der Waals surface area contributed by atoms with Gasteiger partial charge in [0.25, 0.3) is 0 Å². The van der Waals surface area contributed by atoms with Crippen LogP contribution in [0.25, 0.3) is 0 Å². The number of rotatable bonds is 3. The van der Waals surface area contributed by atoms with Gasteiger partial charge in [0.05, 0.1) is 12.0 Å². The maximum Gasteiger partial charge on any atom is 0.393 e. The Morgan fingerprint density at radius 3 is 1.92 bits per heavy atom. The molecule has 0 aliphatic rings. The lowest BCUT2D eigenvalue weighted by molar-refractivity contribution is -0.143. The summed E-state index contributed by atoms with van der Waals surface area (Å²) >= 11 is 0. The Bertz CT molecular complexity index is 253. The molecule has 0 fully saturated rings. The first-order chi connectivity index (χ1) is 5.72. The summed E-state index contributed by atoms with van der Waals surface area (Å²) in [5.41, 5.74) is -1.19. The van der Waals surface area contributed by atoms with Gasteiger partial charge < -0.3 is 10.2 Å². The number of alkyl halides is 3. The van der Waals surface area contributed by atoms with Crippen molar-refractivity contribution in [3.05, 3.63) is 11.6 Å². The summed E-state index contributed by atoms with van der Waals surface area (Å²) in [5, 5.41) is 16.2. The molecule has 7 heteroatoms. The molecule has 2 N–H and O–H groups in total. The van der Waals surface area contributed by atoms with Crippen molar-refractivity contribution in [3.63, 3.8) is 0 Å². The van der Waals surface area contributed by atoms with Crippen LogP contribution in [0.5, 0.6) is 0 Å². The van der Waals surface area contributed by atoms with Gasteiger partial charge in [0.2, 0.25) is 0 Å². The molecule has 0 saturated carbocycles. The SMILES string of the molecule is O=C(O)/C=C(\CC(F)(F)F)C(=O)O. The molecule has 4 nitrogen and oxygen atoms in total. The Balaban J connectivity index is 4.65. The van der Waals surface area contributed by atoms with Crippen LogP contribution >= 0.6 is 0 Å². The molecule has 0 aromatic heterocycles. The summed E-state index contributed by atoms with van der Waals surface area (Å²) in [6.45, 7) is 0. The van der Waals surface area contributed by atoms with E-state index < -0.39 is 30.1 Å². The quantitative estimate of drug-likeness (QED) is 0.664. The van der Waals surface area contributed by atoms with Gasteiger partial charge in [-0.15, -0.1) is 0 Å². The molecule has 0 saturated heterocycles. The Labute approximate surface area is 70.3 Å². The molecule has 0 atom stereocenters. The van der Waals surface area contributed by atoms with E-state index in [0.29, 0.717) is 0 Å². The van der Waals surface area contributed by atoms with E-state index in [9.17, 15) is 22.8 Å². The zero-order valence-corrected chi connectivity index (χ0v) is 6.13. The number of aliphatic carboxylic acids is 2. The Morgan fingerprint density at radius 2 is 1.69 bits per heavy atom. The minimum absolute atomic E-state index is 0.0236. The van der Waals surface area contributed by atoms with Crippen molar-refractivity contribution in [2.75, 3.05) is 0 Å². The third kappa shape index (κ3) is 5.71. The minimum Gasteiger partial charge on any atom is -0.478 e. The molecule has 0 radical (unpaired) electrons. The maximum absolute atomic E-state index is 11.6. The van der Waals surface area contributed by atoms with Crippen molar-refractivity contribution in [1.29, 1.82) is 0 Å². The standard InChI is InChI=1S/C6H5F3O4/c7-6(8,9)2-3(5(12)13)1-4(10)11/h1H,2H2,(H,10,11)(H,12,13)/b3-1+. The van der Waals surface area contributed by atoms with E-state index in [-0.39, 0.29) is 6.08 Å². The smallest absolute Gasteiger partial charge is 0.393 e. The second kappa shape index (κ2) is 3.92.